The van der Waals surface area contributed by atoms with Gasteiger partial charge in [-0.05, 0) is 23.3 Å². The Morgan fingerprint density at radius 2 is 0.804 bits per heavy atom. The Hall–Kier alpha value is -4.96. The van der Waals surface area contributed by atoms with Crippen molar-refractivity contribution >= 4 is 75.0 Å². The van der Waals surface area contributed by atoms with E-state index in [1.54, 1.807) is 0 Å². The average molecular weight is 859 g/mol. The molecule has 0 N–H and O–H groups in total. The summed E-state index contributed by atoms with van der Waals surface area (Å²) in [6.07, 6.45) is 3.73. The zero-order valence-corrected chi connectivity index (χ0v) is 36.3. The van der Waals surface area contributed by atoms with E-state index in [0.717, 1.165) is 11.0 Å². The number of pyridine rings is 2. The molecule has 0 fully saturated rings. The van der Waals surface area contributed by atoms with Crippen LogP contribution in [-0.2, 0) is 23.3 Å². The van der Waals surface area contributed by atoms with Gasteiger partial charge in [0.1, 0.15) is 0 Å². The van der Waals surface area contributed by atoms with Crippen LogP contribution >= 0.6 is 24.8 Å². The summed E-state index contributed by atoms with van der Waals surface area (Å²) in [5.74, 6) is 0. The van der Waals surface area contributed by atoms with E-state index in [1.807, 2.05) is 85.2 Å². The fourth-order valence-corrected chi connectivity index (χ4v) is 6.57. The summed E-state index contributed by atoms with van der Waals surface area (Å²) in [5.41, 5.74) is 9.70. The summed E-state index contributed by atoms with van der Waals surface area (Å²) in [7, 11) is 0. The molecule has 6 heteroatoms. The molecule has 0 saturated heterocycles. The van der Waals surface area contributed by atoms with E-state index in [1.165, 1.54) is 89.0 Å². The van der Waals surface area contributed by atoms with Crippen LogP contribution in [0.4, 0.5) is 0 Å². The van der Waals surface area contributed by atoms with Crippen LogP contribution in [-0.4, -0.2) is 16.8 Å². The molecule has 0 saturated carbocycles. The van der Waals surface area contributed by atoms with Gasteiger partial charge in [-0.25, -0.2) is 0 Å². The van der Waals surface area contributed by atoms with Gasteiger partial charge in [0.15, 0.2) is 0 Å². The predicted molar refractivity (Wildman–Crippen MR) is 241 cm³/mol. The number of hydrogen-bond acceptors (Lipinski definition) is 2. The van der Waals surface area contributed by atoms with Gasteiger partial charge >= 0.3 is 30.2 Å². The van der Waals surface area contributed by atoms with Crippen molar-refractivity contribution in [2.75, 3.05) is 0 Å². The van der Waals surface area contributed by atoms with E-state index in [-0.39, 0.29) is 24.8 Å². The molecule has 0 aliphatic carbocycles. The molecule has 2 nitrogen and oxygen atoms in total. The Kier molecular flexibility index (Phi) is 17.6. The largest absolute Gasteiger partial charge is 0.184 e. The van der Waals surface area contributed by atoms with E-state index in [0.29, 0.717) is 0 Å². The quantitative estimate of drug-likeness (QED) is 0.128. The molecule has 0 atom stereocenters. The molecular weight excluding hydrogens is 819 g/mol. The maximum atomic E-state index is 4.57. The number of halogens is 2. The Labute approximate surface area is 359 Å². The van der Waals surface area contributed by atoms with Crippen molar-refractivity contribution in [1.29, 1.82) is 0 Å². The third kappa shape index (κ3) is 11.1. The Balaban J connectivity index is 0.000000181. The maximum Gasteiger partial charge on any atom is -0.171 e. The van der Waals surface area contributed by atoms with Crippen molar-refractivity contribution in [3.05, 3.63) is 218 Å². The van der Waals surface area contributed by atoms with Crippen molar-refractivity contribution in [3.63, 3.8) is 0 Å². The van der Waals surface area contributed by atoms with Crippen molar-refractivity contribution in [3.8, 4) is 22.3 Å². The number of rotatable bonds is 2. The molecule has 0 amide bonds. The van der Waals surface area contributed by atoms with Gasteiger partial charge in [0.25, 0.3) is 0 Å². The smallest absolute Gasteiger partial charge is 0.171 e. The topological polar surface area (TPSA) is 25.8 Å². The predicted octanol–water partition coefficient (Wildman–Crippen LogP) is 13.6. The molecule has 2 radical (unpaired) electrons. The van der Waals surface area contributed by atoms with Gasteiger partial charge in [-0.15, -0.1) is 93.9 Å². The van der Waals surface area contributed by atoms with Gasteiger partial charge in [-0.2, -0.15) is 84.9 Å². The molecule has 2 heterocycles. The molecule has 0 bridgehead atoms. The van der Waals surface area contributed by atoms with Crippen LogP contribution in [0.5, 0.6) is 0 Å². The van der Waals surface area contributed by atoms with Crippen LogP contribution in [0.15, 0.2) is 194 Å². The molecular formula is C50H40Cl2N2SiZr-4. The third-order valence-electron chi connectivity index (χ3n) is 8.85. The van der Waals surface area contributed by atoms with Gasteiger partial charge < -0.3 is 0 Å². The van der Waals surface area contributed by atoms with Crippen LogP contribution < -0.4 is 0 Å². The normalized spacial score (nSPS) is 9.80. The van der Waals surface area contributed by atoms with Crippen molar-refractivity contribution in [2.45, 2.75) is 13.8 Å². The Morgan fingerprint density at radius 1 is 0.446 bits per heavy atom. The zero-order valence-electron chi connectivity index (χ0n) is 31.2. The molecule has 56 heavy (non-hydrogen) atoms. The maximum absolute atomic E-state index is 4.57. The first-order valence-electron chi connectivity index (χ1n) is 17.7. The molecule has 10 rings (SSSR count). The van der Waals surface area contributed by atoms with Crippen LogP contribution in [0, 0.1) is 26.0 Å². The first-order valence-corrected chi connectivity index (χ1v) is 21.9. The number of aryl methyl sites for hydroxylation is 2. The Morgan fingerprint density at radius 3 is 1.16 bits per heavy atom. The van der Waals surface area contributed by atoms with E-state index >= 15 is 0 Å². The molecule has 2 aromatic heterocycles. The van der Waals surface area contributed by atoms with E-state index < -0.39 is 0 Å². The number of hydrogen-bond donors (Lipinski definition) is 0. The minimum Gasteiger partial charge on any atom is -0.184 e. The standard InChI is InChI=1S/2C19H14N.2C6H5.2ClH.Si.Zr/c2*1-13-11-15-6-3-8-16(18(15)12-13)17-9-2-5-14-7-4-10-20-19(14)17;2*1-2-4-6-5-3-1;;;;/h2*2-12H,1H3;2*1-5H;2*1H;;/q4*-1;;;;. The summed E-state index contributed by atoms with van der Waals surface area (Å²) in [6, 6.07) is 67.9. The van der Waals surface area contributed by atoms with E-state index in [2.05, 4.69) is 152 Å². The monoisotopic (exact) mass is 856 g/mol. The number of para-hydroxylation sites is 2. The second kappa shape index (κ2) is 22.6. The van der Waals surface area contributed by atoms with Gasteiger partial charge in [0.05, 0.1) is 11.0 Å². The van der Waals surface area contributed by atoms with E-state index in [4.69, 9.17) is 0 Å². The molecule has 10 aromatic rings. The first kappa shape index (κ1) is 43.8. The summed E-state index contributed by atoms with van der Waals surface area (Å²) in [5, 5.41) is 7.59. The fraction of sp³-hybridized carbons (Fsp3) is 0.0400. The van der Waals surface area contributed by atoms with Gasteiger partial charge in [-0.1, -0.05) is 85.6 Å². The van der Waals surface area contributed by atoms with Crippen LogP contribution in [0.3, 0.4) is 0 Å². The zero-order chi connectivity index (χ0) is 37.5. The molecule has 0 spiro atoms. The summed E-state index contributed by atoms with van der Waals surface area (Å²) < 4.78 is 0. The molecule has 276 valence electrons. The Bertz CT molecular complexity index is 2440. The van der Waals surface area contributed by atoms with Gasteiger partial charge in [0.2, 0.25) is 0 Å². The number of aromatic nitrogens is 2. The number of nitrogens with zero attached hydrogens (tertiary/aromatic N) is 2. The molecule has 0 unspecified atom stereocenters. The number of fused-ring (bicyclic) bond motifs is 4. The van der Waals surface area contributed by atoms with Crippen molar-refractivity contribution in [1.82, 2.24) is 9.97 Å². The molecule has 8 aromatic carbocycles. The molecule has 0 aliphatic heterocycles. The van der Waals surface area contributed by atoms with Crippen LogP contribution in [0.25, 0.3) is 65.6 Å². The first-order chi connectivity index (χ1) is 26.7. The minimum absolute atomic E-state index is 0. The van der Waals surface area contributed by atoms with Crippen LogP contribution in [0.1, 0.15) is 11.1 Å². The minimum atomic E-state index is 0. The second-order valence-corrected chi connectivity index (χ2v) is 12.6. The molecule has 0 aliphatic rings. The van der Waals surface area contributed by atoms with Crippen LogP contribution in [0.2, 0.25) is 0 Å². The van der Waals surface area contributed by atoms with Crippen molar-refractivity contribution in [2.24, 2.45) is 0 Å². The van der Waals surface area contributed by atoms with Crippen molar-refractivity contribution < 1.29 is 23.3 Å². The SMILES string of the molecule is Cc1cc2c(-c3cccc4cccnc34)cccc2[cH-]1.Cc1cc2c(-c3cccc4cccnc34)cccc2[cH-]1.Cl.Cl.[Si]=[Zr].[c-]1ccccc1.[c-]1ccccc1. The third-order valence-corrected chi connectivity index (χ3v) is 8.85. The second-order valence-electron chi connectivity index (χ2n) is 12.6. The summed E-state index contributed by atoms with van der Waals surface area (Å²) >= 11 is 1.36. The average Bonchev–Trinajstić information content (AvgIpc) is 3.84. The fourth-order valence-electron chi connectivity index (χ4n) is 6.57. The van der Waals surface area contributed by atoms with Gasteiger partial charge in [0, 0.05) is 23.2 Å². The summed E-state index contributed by atoms with van der Waals surface area (Å²) in [4.78, 5) is 9.14. The van der Waals surface area contributed by atoms with E-state index in [9.17, 15) is 0 Å². The number of benzene rings is 6. The van der Waals surface area contributed by atoms with Gasteiger partial charge in [-0.3, -0.25) is 9.97 Å². The summed E-state index contributed by atoms with van der Waals surface area (Å²) in [6.45, 7) is 7.35.